The highest BCUT2D eigenvalue weighted by molar-refractivity contribution is 5.31. The molecule has 1 heterocycles. The van der Waals surface area contributed by atoms with E-state index in [4.69, 9.17) is 10.5 Å². The predicted molar refractivity (Wildman–Crippen MR) is 81.9 cm³/mol. The van der Waals surface area contributed by atoms with Crippen molar-refractivity contribution < 1.29 is 4.74 Å². The summed E-state index contributed by atoms with van der Waals surface area (Å²) < 4.78 is 7.56. The molecule has 0 atom stereocenters. The Morgan fingerprint density at radius 1 is 1.15 bits per heavy atom. The van der Waals surface area contributed by atoms with Gasteiger partial charge in [-0.1, -0.05) is 32.9 Å². The van der Waals surface area contributed by atoms with Gasteiger partial charge in [0.25, 0.3) is 0 Å². The van der Waals surface area contributed by atoms with Gasteiger partial charge in [0.1, 0.15) is 11.6 Å². The van der Waals surface area contributed by atoms with Gasteiger partial charge >= 0.3 is 0 Å². The number of nitrogens with two attached hydrogens (primary N) is 1. The van der Waals surface area contributed by atoms with Crippen molar-refractivity contribution in [3.8, 4) is 5.75 Å². The average Bonchev–Trinajstić information content (AvgIpc) is 2.80. The number of hydrogen-bond donors (Lipinski definition) is 1. The van der Waals surface area contributed by atoms with Crippen LogP contribution < -0.4 is 10.5 Å². The van der Waals surface area contributed by atoms with Gasteiger partial charge < -0.3 is 10.5 Å². The Labute approximate surface area is 120 Å². The number of hydrogen-bond acceptors (Lipinski definition) is 3. The topological polar surface area (TPSA) is 53.1 Å². The zero-order valence-corrected chi connectivity index (χ0v) is 12.5. The SMILES string of the molecule is CC(C)(C)c1ccc(OCCCn2ccc(N)n2)cc1. The molecule has 0 aliphatic heterocycles. The summed E-state index contributed by atoms with van der Waals surface area (Å²) in [5.41, 5.74) is 7.06. The molecule has 108 valence electrons. The van der Waals surface area contributed by atoms with E-state index in [1.165, 1.54) is 5.56 Å². The van der Waals surface area contributed by atoms with E-state index in [2.05, 4.69) is 38.0 Å². The number of nitrogen functional groups attached to an aromatic ring is 1. The third kappa shape index (κ3) is 4.02. The van der Waals surface area contributed by atoms with Crippen molar-refractivity contribution in [3.05, 3.63) is 42.1 Å². The molecule has 1 aromatic carbocycles. The lowest BCUT2D eigenvalue weighted by Gasteiger charge is -2.19. The van der Waals surface area contributed by atoms with E-state index in [0.717, 1.165) is 18.7 Å². The van der Waals surface area contributed by atoms with Crippen LogP contribution in [0.1, 0.15) is 32.8 Å². The monoisotopic (exact) mass is 273 g/mol. The van der Waals surface area contributed by atoms with Gasteiger partial charge in [-0.3, -0.25) is 4.68 Å². The van der Waals surface area contributed by atoms with Crippen molar-refractivity contribution in [2.45, 2.75) is 39.2 Å². The van der Waals surface area contributed by atoms with E-state index < -0.39 is 0 Å². The number of aryl methyl sites for hydroxylation is 1. The molecule has 4 heteroatoms. The van der Waals surface area contributed by atoms with Crippen molar-refractivity contribution in [3.63, 3.8) is 0 Å². The Kier molecular flexibility index (Phi) is 4.32. The van der Waals surface area contributed by atoms with Gasteiger partial charge in [0, 0.05) is 19.2 Å². The van der Waals surface area contributed by atoms with E-state index in [1.54, 1.807) is 6.07 Å². The zero-order valence-electron chi connectivity index (χ0n) is 12.5. The van der Waals surface area contributed by atoms with E-state index in [1.807, 2.05) is 23.0 Å². The molecule has 0 fully saturated rings. The van der Waals surface area contributed by atoms with Crippen LogP contribution in [0.4, 0.5) is 5.82 Å². The quantitative estimate of drug-likeness (QED) is 0.851. The highest BCUT2D eigenvalue weighted by Crippen LogP contribution is 2.24. The molecule has 0 bridgehead atoms. The summed E-state index contributed by atoms with van der Waals surface area (Å²) in [6.07, 6.45) is 2.79. The Morgan fingerprint density at radius 3 is 2.40 bits per heavy atom. The van der Waals surface area contributed by atoms with Crippen LogP contribution in [0.5, 0.6) is 5.75 Å². The van der Waals surface area contributed by atoms with Crippen LogP contribution in [0.15, 0.2) is 36.5 Å². The lowest BCUT2D eigenvalue weighted by Crippen LogP contribution is -2.10. The van der Waals surface area contributed by atoms with Crippen LogP contribution in [0, 0.1) is 0 Å². The standard InChI is InChI=1S/C16H23N3O/c1-16(2,3)13-5-7-14(8-6-13)20-12-4-10-19-11-9-15(17)18-19/h5-9,11H,4,10,12H2,1-3H3,(H2,17,18). The van der Waals surface area contributed by atoms with Crippen molar-refractivity contribution in [2.24, 2.45) is 0 Å². The molecule has 0 saturated heterocycles. The van der Waals surface area contributed by atoms with Crippen LogP contribution in [0.25, 0.3) is 0 Å². The van der Waals surface area contributed by atoms with Gasteiger partial charge in [0.2, 0.25) is 0 Å². The fraction of sp³-hybridized carbons (Fsp3) is 0.438. The summed E-state index contributed by atoms with van der Waals surface area (Å²) >= 11 is 0. The molecule has 0 aliphatic carbocycles. The summed E-state index contributed by atoms with van der Waals surface area (Å²) in [7, 11) is 0. The number of rotatable bonds is 5. The predicted octanol–water partition coefficient (Wildman–Crippen LogP) is 3.23. The maximum absolute atomic E-state index is 5.73. The summed E-state index contributed by atoms with van der Waals surface area (Å²) in [6, 6.07) is 10.1. The van der Waals surface area contributed by atoms with Gasteiger partial charge in [0.15, 0.2) is 0 Å². The minimum Gasteiger partial charge on any atom is -0.494 e. The number of nitrogens with zero attached hydrogens (tertiary/aromatic N) is 2. The van der Waals surface area contributed by atoms with Crippen LogP contribution in [-0.4, -0.2) is 16.4 Å². The first-order valence-corrected chi connectivity index (χ1v) is 6.97. The van der Waals surface area contributed by atoms with Crippen molar-refractivity contribution in [1.82, 2.24) is 9.78 Å². The first-order valence-electron chi connectivity index (χ1n) is 6.97. The molecule has 0 unspecified atom stereocenters. The first kappa shape index (κ1) is 14.4. The number of benzene rings is 1. The minimum atomic E-state index is 0.179. The summed E-state index contributed by atoms with van der Waals surface area (Å²) in [4.78, 5) is 0. The normalized spacial score (nSPS) is 11.6. The summed E-state index contributed by atoms with van der Waals surface area (Å²) in [6.45, 7) is 8.11. The highest BCUT2D eigenvalue weighted by atomic mass is 16.5. The molecular weight excluding hydrogens is 250 g/mol. The third-order valence-electron chi connectivity index (χ3n) is 3.18. The van der Waals surface area contributed by atoms with Crippen LogP contribution >= 0.6 is 0 Å². The van der Waals surface area contributed by atoms with Gasteiger partial charge in [-0.25, -0.2) is 0 Å². The van der Waals surface area contributed by atoms with Gasteiger partial charge in [-0.05, 0) is 29.2 Å². The second-order valence-electron chi connectivity index (χ2n) is 5.98. The molecule has 0 radical (unpaired) electrons. The van der Waals surface area contributed by atoms with Gasteiger partial charge in [-0.2, -0.15) is 5.10 Å². The first-order chi connectivity index (χ1) is 9.45. The number of ether oxygens (including phenoxy) is 1. The molecule has 0 aliphatic rings. The van der Waals surface area contributed by atoms with E-state index >= 15 is 0 Å². The van der Waals surface area contributed by atoms with Crippen LogP contribution in [0.2, 0.25) is 0 Å². The molecule has 2 N–H and O–H groups in total. The second kappa shape index (κ2) is 5.99. The fourth-order valence-corrected chi connectivity index (χ4v) is 1.97. The fourth-order valence-electron chi connectivity index (χ4n) is 1.97. The van der Waals surface area contributed by atoms with Gasteiger partial charge in [0.05, 0.1) is 6.61 Å². The van der Waals surface area contributed by atoms with Crippen molar-refractivity contribution >= 4 is 5.82 Å². The number of anilines is 1. The molecule has 4 nitrogen and oxygen atoms in total. The summed E-state index contributed by atoms with van der Waals surface area (Å²) in [5.74, 6) is 1.47. The molecular formula is C16H23N3O. The van der Waals surface area contributed by atoms with E-state index in [-0.39, 0.29) is 5.41 Å². The lowest BCUT2D eigenvalue weighted by atomic mass is 9.87. The number of aromatic nitrogens is 2. The Balaban J connectivity index is 1.77. The maximum Gasteiger partial charge on any atom is 0.145 e. The van der Waals surface area contributed by atoms with Crippen molar-refractivity contribution in [2.75, 3.05) is 12.3 Å². The molecule has 0 saturated carbocycles. The Hall–Kier alpha value is -1.97. The van der Waals surface area contributed by atoms with Crippen LogP contribution in [-0.2, 0) is 12.0 Å². The van der Waals surface area contributed by atoms with Gasteiger partial charge in [-0.15, -0.1) is 0 Å². The Morgan fingerprint density at radius 2 is 1.85 bits per heavy atom. The smallest absolute Gasteiger partial charge is 0.145 e. The maximum atomic E-state index is 5.73. The molecule has 20 heavy (non-hydrogen) atoms. The third-order valence-corrected chi connectivity index (χ3v) is 3.18. The molecule has 2 rings (SSSR count). The average molecular weight is 273 g/mol. The Bertz CT molecular complexity index is 538. The lowest BCUT2D eigenvalue weighted by molar-refractivity contribution is 0.298. The molecule has 0 spiro atoms. The molecule has 2 aromatic rings. The second-order valence-corrected chi connectivity index (χ2v) is 5.98. The minimum absolute atomic E-state index is 0.179. The highest BCUT2D eigenvalue weighted by Gasteiger charge is 2.12. The van der Waals surface area contributed by atoms with Crippen LogP contribution in [0.3, 0.4) is 0 Å². The summed E-state index contributed by atoms with van der Waals surface area (Å²) in [5, 5.41) is 4.13. The van der Waals surface area contributed by atoms with E-state index in [0.29, 0.717) is 12.4 Å². The molecule has 1 aromatic heterocycles. The largest absolute Gasteiger partial charge is 0.494 e. The molecule has 0 amide bonds. The van der Waals surface area contributed by atoms with E-state index in [9.17, 15) is 0 Å². The zero-order chi connectivity index (χ0) is 14.6. The van der Waals surface area contributed by atoms with Crippen molar-refractivity contribution in [1.29, 1.82) is 0 Å².